The first-order valence-electron chi connectivity index (χ1n) is 11.5. The third kappa shape index (κ3) is 8.80. The molecule has 0 fully saturated rings. The number of unbranched alkanes of at least 4 members (excludes halogenated alkanes) is 1. The van der Waals surface area contributed by atoms with E-state index in [0.29, 0.717) is 24.1 Å². The standard InChI is InChI=1S/C26H39N3O4/c1-9-12-17-27-23(31)22(20-15-13-19(10-2)14-16-20)29(26(7,8)11-3)21(30)18-28-24(32)33-25(4,5)6/h2,13-16,22H,9,11-12,17-18H2,1,3-8H3,(H,27,31)(H,28,32). The number of alkyl carbamates (subject to hydrolysis) is 1. The van der Waals surface area contributed by atoms with Crippen molar-refractivity contribution in [3.05, 3.63) is 35.4 Å². The number of amides is 3. The summed E-state index contributed by atoms with van der Waals surface area (Å²) < 4.78 is 5.24. The molecule has 1 aromatic rings. The SMILES string of the molecule is C#Cc1ccc(C(C(=O)NCCCC)N(C(=O)CNC(=O)OC(C)(C)C)C(C)(C)CC)cc1. The zero-order chi connectivity index (χ0) is 25.2. The van der Waals surface area contributed by atoms with Crippen molar-refractivity contribution in [1.29, 1.82) is 0 Å². The Kier molecular flexibility index (Phi) is 10.4. The van der Waals surface area contributed by atoms with Crippen LogP contribution in [-0.2, 0) is 14.3 Å². The van der Waals surface area contributed by atoms with E-state index < -0.39 is 23.3 Å². The maximum absolute atomic E-state index is 13.4. The Balaban J connectivity index is 3.32. The molecule has 0 bridgehead atoms. The molecule has 7 nitrogen and oxygen atoms in total. The molecule has 0 aliphatic rings. The number of benzene rings is 1. The average molecular weight is 458 g/mol. The van der Waals surface area contributed by atoms with Gasteiger partial charge in [0.25, 0.3) is 0 Å². The maximum atomic E-state index is 13.4. The lowest BCUT2D eigenvalue weighted by atomic mass is 9.92. The normalized spacial score (nSPS) is 12.3. The number of ether oxygens (including phenoxy) is 1. The van der Waals surface area contributed by atoms with Gasteiger partial charge in [0.05, 0.1) is 0 Å². The molecule has 7 heteroatoms. The summed E-state index contributed by atoms with van der Waals surface area (Å²) in [4.78, 5) is 40.5. The van der Waals surface area contributed by atoms with Crippen molar-refractivity contribution in [2.75, 3.05) is 13.1 Å². The first kappa shape index (κ1) is 28.0. The molecule has 33 heavy (non-hydrogen) atoms. The van der Waals surface area contributed by atoms with Gasteiger partial charge in [-0.05, 0) is 65.2 Å². The topological polar surface area (TPSA) is 87.7 Å². The summed E-state index contributed by atoms with van der Waals surface area (Å²) in [6, 6.07) is 6.17. The van der Waals surface area contributed by atoms with Gasteiger partial charge in [0, 0.05) is 17.6 Å². The average Bonchev–Trinajstić information content (AvgIpc) is 2.74. The fourth-order valence-electron chi connectivity index (χ4n) is 3.21. The predicted octanol–water partition coefficient (Wildman–Crippen LogP) is 4.17. The van der Waals surface area contributed by atoms with Crippen LogP contribution >= 0.6 is 0 Å². The van der Waals surface area contributed by atoms with Crippen molar-refractivity contribution in [1.82, 2.24) is 15.5 Å². The van der Waals surface area contributed by atoms with Gasteiger partial charge in [-0.15, -0.1) is 6.42 Å². The van der Waals surface area contributed by atoms with E-state index in [1.54, 1.807) is 49.9 Å². The molecule has 0 heterocycles. The van der Waals surface area contributed by atoms with Crippen LogP contribution in [0.1, 0.15) is 84.9 Å². The Morgan fingerprint density at radius 3 is 2.15 bits per heavy atom. The van der Waals surface area contributed by atoms with E-state index in [-0.39, 0.29) is 18.4 Å². The number of rotatable bonds is 10. The molecule has 182 valence electrons. The van der Waals surface area contributed by atoms with Crippen molar-refractivity contribution in [2.45, 2.75) is 84.9 Å². The van der Waals surface area contributed by atoms with Gasteiger partial charge in [0.1, 0.15) is 18.2 Å². The molecule has 1 rings (SSSR count). The van der Waals surface area contributed by atoms with Crippen molar-refractivity contribution < 1.29 is 19.1 Å². The number of nitrogens with zero attached hydrogens (tertiary/aromatic N) is 1. The molecule has 0 aliphatic heterocycles. The molecule has 0 aliphatic carbocycles. The number of carbonyl (C=O) groups is 3. The van der Waals surface area contributed by atoms with Crippen LogP contribution in [0.25, 0.3) is 0 Å². The molecule has 0 saturated heterocycles. The number of nitrogens with one attached hydrogen (secondary N) is 2. The minimum atomic E-state index is -0.878. The van der Waals surface area contributed by atoms with Gasteiger partial charge < -0.3 is 20.3 Å². The van der Waals surface area contributed by atoms with Gasteiger partial charge in [0.2, 0.25) is 11.8 Å². The van der Waals surface area contributed by atoms with Gasteiger partial charge >= 0.3 is 6.09 Å². The van der Waals surface area contributed by atoms with Crippen LogP contribution in [-0.4, -0.2) is 47.0 Å². The van der Waals surface area contributed by atoms with E-state index in [2.05, 4.69) is 16.6 Å². The molecule has 0 spiro atoms. The lowest BCUT2D eigenvalue weighted by Crippen LogP contribution is -2.56. The van der Waals surface area contributed by atoms with Crippen LogP contribution in [0.5, 0.6) is 0 Å². The summed E-state index contributed by atoms with van der Waals surface area (Å²) in [7, 11) is 0. The van der Waals surface area contributed by atoms with E-state index in [9.17, 15) is 14.4 Å². The first-order chi connectivity index (χ1) is 15.4. The minimum Gasteiger partial charge on any atom is -0.444 e. The highest BCUT2D eigenvalue weighted by Crippen LogP contribution is 2.31. The Bertz CT molecular complexity index is 848. The van der Waals surface area contributed by atoms with Crippen LogP contribution in [0.3, 0.4) is 0 Å². The number of carbonyl (C=O) groups excluding carboxylic acids is 3. The highest BCUT2D eigenvalue weighted by molar-refractivity contribution is 5.91. The molecule has 0 aromatic heterocycles. The van der Waals surface area contributed by atoms with Crippen molar-refractivity contribution in [2.24, 2.45) is 0 Å². The predicted molar refractivity (Wildman–Crippen MR) is 130 cm³/mol. The summed E-state index contributed by atoms with van der Waals surface area (Å²) >= 11 is 0. The molecule has 3 amide bonds. The van der Waals surface area contributed by atoms with E-state index in [0.717, 1.165) is 12.8 Å². The highest BCUT2D eigenvalue weighted by Gasteiger charge is 2.40. The lowest BCUT2D eigenvalue weighted by Gasteiger charge is -2.43. The van der Waals surface area contributed by atoms with Crippen LogP contribution in [0.2, 0.25) is 0 Å². The van der Waals surface area contributed by atoms with E-state index in [1.165, 1.54) is 0 Å². The molecular weight excluding hydrogens is 418 g/mol. The third-order valence-electron chi connectivity index (χ3n) is 5.30. The fourth-order valence-corrected chi connectivity index (χ4v) is 3.21. The fraction of sp³-hybridized carbons (Fsp3) is 0.577. The van der Waals surface area contributed by atoms with E-state index in [4.69, 9.17) is 11.2 Å². The number of hydrogen-bond acceptors (Lipinski definition) is 4. The largest absolute Gasteiger partial charge is 0.444 e. The second-order valence-electron chi connectivity index (χ2n) is 9.60. The van der Waals surface area contributed by atoms with E-state index in [1.807, 2.05) is 27.7 Å². The van der Waals surface area contributed by atoms with Gasteiger partial charge in [-0.25, -0.2) is 4.79 Å². The summed E-state index contributed by atoms with van der Waals surface area (Å²) in [6.45, 7) is 13.3. The van der Waals surface area contributed by atoms with Crippen molar-refractivity contribution in [3.63, 3.8) is 0 Å². The van der Waals surface area contributed by atoms with Gasteiger partial charge in [-0.3, -0.25) is 9.59 Å². The summed E-state index contributed by atoms with van der Waals surface area (Å²) in [5.74, 6) is 1.91. The highest BCUT2D eigenvalue weighted by atomic mass is 16.6. The Hall–Kier alpha value is -3.01. The molecule has 1 atom stereocenters. The molecule has 0 saturated carbocycles. The minimum absolute atomic E-state index is 0.274. The molecule has 1 aromatic carbocycles. The number of hydrogen-bond donors (Lipinski definition) is 2. The molecule has 0 radical (unpaired) electrons. The second-order valence-corrected chi connectivity index (χ2v) is 9.60. The summed E-state index contributed by atoms with van der Waals surface area (Å²) in [6.07, 6.45) is 7.17. The third-order valence-corrected chi connectivity index (χ3v) is 5.30. The molecular formula is C26H39N3O4. The Morgan fingerprint density at radius 1 is 1.06 bits per heavy atom. The zero-order valence-electron chi connectivity index (χ0n) is 21.1. The zero-order valence-corrected chi connectivity index (χ0v) is 21.1. The van der Waals surface area contributed by atoms with Gasteiger partial charge in [-0.1, -0.05) is 38.3 Å². The summed E-state index contributed by atoms with van der Waals surface area (Å²) in [5, 5.41) is 5.47. The molecule has 1 unspecified atom stereocenters. The summed E-state index contributed by atoms with van der Waals surface area (Å²) in [5.41, 5.74) is -0.0153. The smallest absolute Gasteiger partial charge is 0.408 e. The van der Waals surface area contributed by atoms with E-state index >= 15 is 0 Å². The van der Waals surface area contributed by atoms with Crippen LogP contribution in [0.4, 0.5) is 4.79 Å². The monoisotopic (exact) mass is 457 g/mol. The van der Waals surface area contributed by atoms with Crippen LogP contribution < -0.4 is 10.6 Å². The molecule has 2 N–H and O–H groups in total. The lowest BCUT2D eigenvalue weighted by molar-refractivity contribution is -0.146. The first-order valence-corrected chi connectivity index (χ1v) is 11.5. The van der Waals surface area contributed by atoms with Crippen molar-refractivity contribution >= 4 is 17.9 Å². The van der Waals surface area contributed by atoms with Crippen LogP contribution in [0, 0.1) is 12.3 Å². The quantitative estimate of drug-likeness (QED) is 0.408. The van der Waals surface area contributed by atoms with Gasteiger partial charge in [-0.2, -0.15) is 0 Å². The Morgan fingerprint density at radius 2 is 1.67 bits per heavy atom. The van der Waals surface area contributed by atoms with Crippen molar-refractivity contribution in [3.8, 4) is 12.3 Å². The van der Waals surface area contributed by atoms with Gasteiger partial charge in [0.15, 0.2) is 0 Å². The number of terminal acetylenes is 1. The van der Waals surface area contributed by atoms with Crippen LogP contribution in [0.15, 0.2) is 24.3 Å². The maximum Gasteiger partial charge on any atom is 0.408 e. The second kappa shape index (κ2) is 12.3. The Labute approximate surface area is 198 Å².